The van der Waals surface area contributed by atoms with E-state index in [1.54, 1.807) is 24.4 Å². The number of halogens is 1. The number of carbonyl (C=O) groups is 1. The van der Waals surface area contributed by atoms with Gasteiger partial charge in [-0.2, -0.15) is 0 Å². The molecule has 2 aromatic carbocycles. The van der Waals surface area contributed by atoms with Crippen molar-refractivity contribution in [2.75, 3.05) is 7.11 Å². The summed E-state index contributed by atoms with van der Waals surface area (Å²) < 4.78 is 4.78. The topological polar surface area (TPSA) is 39.2 Å². The molecule has 3 nitrogen and oxygen atoms in total. The zero-order valence-corrected chi connectivity index (χ0v) is 13.0. The molecule has 1 aromatic heterocycles. The third-order valence-corrected chi connectivity index (χ3v) is 3.87. The number of hydrogen-bond donors (Lipinski definition) is 0. The first-order chi connectivity index (χ1) is 10.6. The summed E-state index contributed by atoms with van der Waals surface area (Å²) in [5.41, 5.74) is 4.30. The van der Waals surface area contributed by atoms with E-state index in [1.807, 2.05) is 31.2 Å². The predicted molar refractivity (Wildman–Crippen MR) is 88.3 cm³/mol. The molecule has 1 heterocycles. The summed E-state index contributed by atoms with van der Waals surface area (Å²) in [4.78, 5) is 16.1. The van der Waals surface area contributed by atoms with Crippen molar-refractivity contribution in [2.45, 2.75) is 6.92 Å². The number of carbonyl (C=O) groups excluding carboxylic acids is 1. The van der Waals surface area contributed by atoms with E-state index in [-0.39, 0.29) is 5.97 Å². The van der Waals surface area contributed by atoms with E-state index < -0.39 is 0 Å². The Morgan fingerprint density at radius 2 is 1.86 bits per heavy atom. The molecule has 0 spiro atoms. The molecule has 0 aliphatic carbocycles. The Morgan fingerprint density at radius 1 is 1.14 bits per heavy atom. The third-order valence-electron chi connectivity index (χ3n) is 3.58. The zero-order chi connectivity index (χ0) is 15.7. The highest BCUT2D eigenvalue weighted by molar-refractivity contribution is 6.34. The fourth-order valence-electron chi connectivity index (χ4n) is 2.43. The number of methoxy groups -OCH3 is 1. The van der Waals surface area contributed by atoms with Crippen LogP contribution in [0.25, 0.3) is 22.0 Å². The Hall–Kier alpha value is -2.39. The minimum Gasteiger partial charge on any atom is -0.465 e. The van der Waals surface area contributed by atoms with Crippen LogP contribution in [0.2, 0.25) is 5.02 Å². The van der Waals surface area contributed by atoms with Gasteiger partial charge in [-0.05, 0) is 30.7 Å². The highest BCUT2D eigenvalue weighted by Crippen LogP contribution is 2.34. The van der Waals surface area contributed by atoms with Gasteiger partial charge >= 0.3 is 5.97 Å². The van der Waals surface area contributed by atoms with Gasteiger partial charge in [-0.3, -0.25) is 4.98 Å². The SMILES string of the molecule is COC(=O)c1ccc2ncc(Cl)c(-c3ccc(C)cc3)c2c1. The fraction of sp³-hybridized carbons (Fsp3) is 0.111. The second-order valence-corrected chi connectivity index (χ2v) is 5.48. The van der Waals surface area contributed by atoms with Crippen molar-refractivity contribution in [2.24, 2.45) is 0 Å². The highest BCUT2D eigenvalue weighted by Gasteiger charge is 2.13. The smallest absolute Gasteiger partial charge is 0.337 e. The standard InChI is InChI=1S/C18H14ClNO2/c1-11-3-5-12(6-4-11)17-14-9-13(18(21)22-2)7-8-16(14)20-10-15(17)19/h3-10H,1-2H3. The first-order valence-electron chi connectivity index (χ1n) is 6.84. The first-order valence-corrected chi connectivity index (χ1v) is 7.21. The van der Waals surface area contributed by atoms with Gasteiger partial charge in [0.05, 0.1) is 23.2 Å². The number of pyridine rings is 1. The molecule has 0 aliphatic heterocycles. The van der Waals surface area contributed by atoms with Crippen LogP contribution in [0.3, 0.4) is 0 Å². The summed E-state index contributed by atoms with van der Waals surface area (Å²) in [5, 5.41) is 1.39. The van der Waals surface area contributed by atoms with Crippen molar-refractivity contribution < 1.29 is 9.53 Å². The Balaban J connectivity index is 2.29. The van der Waals surface area contributed by atoms with E-state index >= 15 is 0 Å². The van der Waals surface area contributed by atoms with Crippen molar-refractivity contribution in [3.05, 3.63) is 64.8 Å². The normalized spacial score (nSPS) is 10.7. The zero-order valence-electron chi connectivity index (χ0n) is 12.3. The number of nitrogens with zero attached hydrogens (tertiary/aromatic N) is 1. The minimum atomic E-state index is -0.378. The molecule has 0 atom stereocenters. The van der Waals surface area contributed by atoms with Crippen LogP contribution >= 0.6 is 11.6 Å². The molecule has 0 radical (unpaired) electrons. The average molecular weight is 312 g/mol. The van der Waals surface area contributed by atoms with Crippen LogP contribution in [-0.2, 0) is 4.74 Å². The van der Waals surface area contributed by atoms with Crippen LogP contribution in [0.15, 0.2) is 48.7 Å². The van der Waals surface area contributed by atoms with Gasteiger partial charge in [0.2, 0.25) is 0 Å². The molecule has 3 rings (SSSR count). The summed E-state index contributed by atoms with van der Waals surface area (Å²) >= 11 is 6.36. The molecule has 22 heavy (non-hydrogen) atoms. The maximum absolute atomic E-state index is 11.8. The summed E-state index contributed by atoms with van der Waals surface area (Å²) in [6.07, 6.45) is 1.64. The van der Waals surface area contributed by atoms with E-state index in [4.69, 9.17) is 16.3 Å². The number of ether oxygens (including phenoxy) is 1. The molecule has 0 N–H and O–H groups in total. The Bertz CT molecular complexity index is 857. The number of benzene rings is 2. The minimum absolute atomic E-state index is 0.378. The maximum Gasteiger partial charge on any atom is 0.337 e. The highest BCUT2D eigenvalue weighted by atomic mass is 35.5. The van der Waals surface area contributed by atoms with Crippen molar-refractivity contribution >= 4 is 28.5 Å². The van der Waals surface area contributed by atoms with Gasteiger partial charge in [0.1, 0.15) is 0 Å². The number of hydrogen-bond acceptors (Lipinski definition) is 3. The van der Waals surface area contributed by atoms with Crippen molar-refractivity contribution in [3.63, 3.8) is 0 Å². The second kappa shape index (κ2) is 5.78. The number of aromatic nitrogens is 1. The van der Waals surface area contributed by atoms with Crippen molar-refractivity contribution in [1.82, 2.24) is 4.98 Å². The van der Waals surface area contributed by atoms with E-state index in [1.165, 1.54) is 12.7 Å². The summed E-state index contributed by atoms with van der Waals surface area (Å²) in [5.74, 6) is -0.378. The Morgan fingerprint density at radius 3 is 2.55 bits per heavy atom. The van der Waals surface area contributed by atoms with Crippen LogP contribution in [0, 0.1) is 6.92 Å². The lowest BCUT2D eigenvalue weighted by atomic mass is 9.99. The lowest BCUT2D eigenvalue weighted by Crippen LogP contribution is -2.01. The molecular weight excluding hydrogens is 298 g/mol. The summed E-state index contributed by atoms with van der Waals surface area (Å²) in [7, 11) is 1.36. The molecule has 0 amide bonds. The van der Waals surface area contributed by atoms with Crippen molar-refractivity contribution in [3.8, 4) is 11.1 Å². The van der Waals surface area contributed by atoms with Gasteiger partial charge in [0.15, 0.2) is 0 Å². The van der Waals surface area contributed by atoms with Gasteiger partial charge in [-0.25, -0.2) is 4.79 Å². The van der Waals surface area contributed by atoms with Gasteiger partial charge in [0.25, 0.3) is 0 Å². The van der Waals surface area contributed by atoms with Gasteiger partial charge < -0.3 is 4.74 Å². The monoisotopic (exact) mass is 311 g/mol. The molecular formula is C18H14ClNO2. The fourth-order valence-corrected chi connectivity index (χ4v) is 2.69. The van der Waals surface area contributed by atoms with E-state index in [0.717, 1.165) is 22.0 Å². The number of fused-ring (bicyclic) bond motifs is 1. The van der Waals surface area contributed by atoms with E-state index in [0.29, 0.717) is 10.6 Å². The molecule has 0 fully saturated rings. The molecule has 0 saturated carbocycles. The molecule has 0 unspecified atom stereocenters. The average Bonchev–Trinajstić information content (AvgIpc) is 2.54. The lowest BCUT2D eigenvalue weighted by molar-refractivity contribution is 0.0601. The van der Waals surface area contributed by atoms with Crippen LogP contribution in [0.1, 0.15) is 15.9 Å². The first kappa shape index (κ1) is 14.5. The molecule has 0 bridgehead atoms. The quantitative estimate of drug-likeness (QED) is 0.647. The number of esters is 1. The molecule has 110 valence electrons. The van der Waals surface area contributed by atoms with Crippen LogP contribution < -0.4 is 0 Å². The third kappa shape index (κ3) is 2.55. The van der Waals surface area contributed by atoms with Gasteiger partial charge in [0, 0.05) is 17.1 Å². The van der Waals surface area contributed by atoms with Gasteiger partial charge in [-0.1, -0.05) is 41.4 Å². The molecule has 3 aromatic rings. The molecule has 0 aliphatic rings. The number of rotatable bonds is 2. The Labute approximate surface area is 133 Å². The van der Waals surface area contributed by atoms with Crippen LogP contribution in [0.4, 0.5) is 0 Å². The van der Waals surface area contributed by atoms with Crippen molar-refractivity contribution in [1.29, 1.82) is 0 Å². The largest absolute Gasteiger partial charge is 0.465 e. The van der Waals surface area contributed by atoms with Gasteiger partial charge in [-0.15, -0.1) is 0 Å². The van der Waals surface area contributed by atoms with Crippen LogP contribution in [-0.4, -0.2) is 18.1 Å². The van der Waals surface area contributed by atoms with E-state index in [9.17, 15) is 4.79 Å². The molecule has 4 heteroatoms. The maximum atomic E-state index is 11.8. The lowest BCUT2D eigenvalue weighted by Gasteiger charge is -2.10. The van der Waals surface area contributed by atoms with Crippen LogP contribution in [0.5, 0.6) is 0 Å². The predicted octanol–water partition coefficient (Wildman–Crippen LogP) is 4.65. The van der Waals surface area contributed by atoms with E-state index in [2.05, 4.69) is 4.98 Å². The summed E-state index contributed by atoms with van der Waals surface area (Å²) in [6.45, 7) is 2.03. The number of aryl methyl sites for hydroxylation is 1. The summed E-state index contributed by atoms with van der Waals surface area (Å²) in [6, 6.07) is 13.4. The Kier molecular flexibility index (Phi) is 3.82. The molecule has 0 saturated heterocycles. The second-order valence-electron chi connectivity index (χ2n) is 5.07.